The highest BCUT2D eigenvalue weighted by Gasteiger charge is 2.22. The van der Waals surface area contributed by atoms with Crippen LogP contribution in [-0.2, 0) is 0 Å². The average Bonchev–Trinajstić information content (AvgIpc) is 2.45. The minimum Gasteiger partial charge on any atom is -0.342 e. The molecule has 1 aliphatic carbocycles. The third-order valence-corrected chi connectivity index (χ3v) is 3.64. The molecule has 0 saturated heterocycles. The van der Waals surface area contributed by atoms with E-state index in [4.69, 9.17) is 0 Å². The largest absolute Gasteiger partial charge is 0.342 e. The summed E-state index contributed by atoms with van der Waals surface area (Å²) in [7, 11) is 0. The highest BCUT2D eigenvalue weighted by molar-refractivity contribution is 9.10. The van der Waals surface area contributed by atoms with E-state index in [2.05, 4.69) is 25.9 Å². The van der Waals surface area contributed by atoms with Gasteiger partial charge in [0.1, 0.15) is 11.6 Å². The number of fused-ring (bicyclic) bond motifs is 1. The van der Waals surface area contributed by atoms with Crippen LogP contribution in [0, 0.1) is 5.82 Å². The van der Waals surface area contributed by atoms with Crippen molar-refractivity contribution < 1.29 is 4.39 Å². The molecule has 1 aliphatic rings. The summed E-state index contributed by atoms with van der Waals surface area (Å²) in [6.45, 7) is 0. The van der Waals surface area contributed by atoms with E-state index in [1.54, 1.807) is 6.07 Å². The van der Waals surface area contributed by atoms with E-state index in [9.17, 15) is 4.39 Å². The number of hydrogen-bond donors (Lipinski definition) is 1. The molecule has 0 bridgehead atoms. The lowest BCUT2D eigenvalue weighted by Gasteiger charge is -2.22. The molecule has 4 heteroatoms. The summed E-state index contributed by atoms with van der Waals surface area (Å²) in [5.74, 6) is 1.32. The van der Waals surface area contributed by atoms with Crippen molar-refractivity contribution in [3.63, 3.8) is 0 Å². The lowest BCUT2D eigenvalue weighted by Crippen LogP contribution is -2.10. The lowest BCUT2D eigenvalue weighted by molar-refractivity contribution is 0.405. The maximum atomic E-state index is 13.3. The van der Waals surface area contributed by atoms with Crippen molar-refractivity contribution in [3.05, 3.63) is 28.2 Å². The van der Waals surface area contributed by atoms with E-state index in [-0.39, 0.29) is 5.82 Å². The Morgan fingerprint density at radius 3 is 2.87 bits per heavy atom. The van der Waals surface area contributed by atoms with Crippen molar-refractivity contribution in [2.24, 2.45) is 0 Å². The van der Waals surface area contributed by atoms with Crippen molar-refractivity contribution >= 4 is 27.0 Å². The van der Waals surface area contributed by atoms with Gasteiger partial charge < -0.3 is 4.98 Å². The quantitative estimate of drug-likeness (QED) is 0.839. The second kappa shape index (κ2) is 3.30. The fourth-order valence-electron chi connectivity index (χ4n) is 1.90. The first-order chi connectivity index (χ1) is 7.24. The van der Waals surface area contributed by atoms with Gasteiger partial charge >= 0.3 is 0 Å². The smallest absolute Gasteiger partial charge is 0.139 e. The maximum Gasteiger partial charge on any atom is 0.139 e. The third kappa shape index (κ3) is 1.47. The lowest BCUT2D eigenvalue weighted by atomic mass is 9.85. The molecule has 0 unspecified atom stereocenters. The molecule has 1 heterocycles. The summed E-state index contributed by atoms with van der Waals surface area (Å²) < 4.78 is 13.7. The summed E-state index contributed by atoms with van der Waals surface area (Å²) in [6, 6.07) is 3.22. The van der Waals surface area contributed by atoms with Gasteiger partial charge in [0.05, 0.1) is 15.5 Å². The predicted octanol–water partition coefficient (Wildman–Crippen LogP) is 3.73. The molecule has 1 aromatic carbocycles. The van der Waals surface area contributed by atoms with Crippen molar-refractivity contribution in [1.82, 2.24) is 9.97 Å². The van der Waals surface area contributed by atoms with Crippen LogP contribution in [-0.4, -0.2) is 9.97 Å². The Morgan fingerprint density at radius 2 is 2.20 bits per heavy atom. The number of hydrogen-bond acceptors (Lipinski definition) is 1. The fourth-order valence-corrected chi connectivity index (χ4v) is 2.23. The zero-order valence-electron chi connectivity index (χ0n) is 8.06. The average molecular weight is 269 g/mol. The number of H-pyrrole nitrogens is 1. The molecule has 1 aromatic heterocycles. The Kier molecular flexibility index (Phi) is 2.06. The highest BCUT2D eigenvalue weighted by Crippen LogP contribution is 2.35. The number of aromatic nitrogens is 2. The third-order valence-electron chi connectivity index (χ3n) is 3.03. The van der Waals surface area contributed by atoms with Crippen LogP contribution in [0.3, 0.4) is 0 Å². The van der Waals surface area contributed by atoms with E-state index < -0.39 is 0 Å². The molecule has 78 valence electrons. The Morgan fingerprint density at radius 1 is 1.40 bits per heavy atom. The van der Waals surface area contributed by atoms with Gasteiger partial charge in [0.25, 0.3) is 0 Å². The number of aromatic amines is 1. The summed E-state index contributed by atoms with van der Waals surface area (Å²) >= 11 is 3.16. The number of nitrogens with one attached hydrogen (secondary N) is 1. The van der Waals surface area contributed by atoms with Crippen LogP contribution in [0.15, 0.2) is 16.6 Å². The minimum atomic E-state index is -0.244. The van der Waals surface area contributed by atoms with Gasteiger partial charge in [-0.05, 0) is 34.8 Å². The molecule has 1 N–H and O–H groups in total. The molecule has 0 atom stereocenters. The molecule has 0 amide bonds. The van der Waals surface area contributed by atoms with Crippen LogP contribution in [0.5, 0.6) is 0 Å². The van der Waals surface area contributed by atoms with Gasteiger partial charge in [-0.3, -0.25) is 0 Å². The second-order valence-corrected chi connectivity index (χ2v) is 4.89. The standard InChI is InChI=1S/C11H10BrFN2/c12-7-4-9-10(5-8(7)13)15-11(14-9)6-2-1-3-6/h4-6H,1-3H2,(H,14,15). The van der Waals surface area contributed by atoms with Gasteiger partial charge in [-0.15, -0.1) is 0 Å². The van der Waals surface area contributed by atoms with Crippen molar-refractivity contribution in [1.29, 1.82) is 0 Å². The molecule has 3 rings (SSSR count). The first-order valence-electron chi connectivity index (χ1n) is 5.09. The van der Waals surface area contributed by atoms with Gasteiger partial charge in [-0.25, -0.2) is 9.37 Å². The molecule has 0 aliphatic heterocycles. The zero-order valence-corrected chi connectivity index (χ0v) is 9.64. The second-order valence-electron chi connectivity index (χ2n) is 4.03. The molecule has 2 nitrogen and oxygen atoms in total. The van der Waals surface area contributed by atoms with E-state index in [1.165, 1.54) is 25.3 Å². The van der Waals surface area contributed by atoms with Crippen LogP contribution in [0.1, 0.15) is 31.0 Å². The van der Waals surface area contributed by atoms with Gasteiger partial charge in [-0.1, -0.05) is 6.42 Å². The first kappa shape index (κ1) is 9.33. The minimum absolute atomic E-state index is 0.244. The monoisotopic (exact) mass is 268 g/mol. The first-order valence-corrected chi connectivity index (χ1v) is 5.88. The molecular weight excluding hydrogens is 259 g/mol. The number of halogens is 2. The Balaban J connectivity index is 2.12. The van der Waals surface area contributed by atoms with Crippen LogP contribution < -0.4 is 0 Å². The van der Waals surface area contributed by atoms with E-state index in [0.717, 1.165) is 16.9 Å². The van der Waals surface area contributed by atoms with Crippen LogP contribution in [0.2, 0.25) is 0 Å². The van der Waals surface area contributed by atoms with Crippen molar-refractivity contribution in [2.75, 3.05) is 0 Å². The Bertz CT molecular complexity index is 478. The van der Waals surface area contributed by atoms with Gasteiger partial charge in [0.2, 0.25) is 0 Å². The number of imidazole rings is 1. The number of rotatable bonds is 1. The maximum absolute atomic E-state index is 13.3. The summed E-state index contributed by atoms with van der Waals surface area (Å²) in [6.07, 6.45) is 3.67. The topological polar surface area (TPSA) is 28.7 Å². The zero-order chi connectivity index (χ0) is 10.4. The predicted molar refractivity (Wildman–Crippen MR) is 60.3 cm³/mol. The summed E-state index contributed by atoms with van der Waals surface area (Å²) in [4.78, 5) is 7.68. The molecule has 15 heavy (non-hydrogen) atoms. The highest BCUT2D eigenvalue weighted by atomic mass is 79.9. The van der Waals surface area contributed by atoms with E-state index >= 15 is 0 Å². The van der Waals surface area contributed by atoms with Crippen LogP contribution >= 0.6 is 15.9 Å². The normalized spacial score (nSPS) is 16.9. The van der Waals surface area contributed by atoms with Crippen molar-refractivity contribution in [3.8, 4) is 0 Å². The molecule has 2 aromatic rings. The number of nitrogens with zero attached hydrogens (tertiary/aromatic N) is 1. The molecule has 0 radical (unpaired) electrons. The molecule has 0 spiro atoms. The summed E-state index contributed by atoms with van der Waals surface area (Å²) in [5.41, 5.74) is 1.63. The fraction of sp³-hybridized carbons (Fsp3) is 0.364. The SMILES string of the molecule is Fc1cc2[nH]c(C3CCC3)nc2cc1Br. The van der Waals surface area contributed by atoms with Gasteiger partial charge in [-0.2, -0.15) is 0 Å². The van der Waals surface area contributed by atoms with Gasteiger partial charge in [0.15, 0.2) is 0 Å². The van der Waals surface area contributed by atoms with Crippen molar-refractivity contribution in [2.45, 2.75) is 25.2 Å². The van der Waals surface area contributed by atoms with Crippen LogP contribution in [0.4, 0.5) is 4.39 Å². The molecule has 1 fully saturated rings. The van der Waals surface area contributed by atoms with E-state index in [0.29, 0.717) is 10.4 Å². The van der Waals surface area contributed by atoms with Gasteiger partial charge in [0, 0.05) is 12.0 Å². The molecular formula is C11H10BrFN2. The Labute approximate surface area is 95.0 Å². The van der Waals surface area contributed by atoms with E-state index in [1.807, 2.05) is 0 Å². The molecule has 1 saturated carbocycles. The Hall–Kier alpha value is -0.900. The summed E-state index contributed by atoms with van der Waals surface area (Å²) in [5, 5.41) is 0. The van der Waals surface area contributed by atoms with Crippen LogP contribution in [0.25, 0.3) is 11.0 Å². The number of benzene rings is 1.